The summed E-state index contributed by atoms with van der Waals surface area (Å²) in [5.74, 6) is -2.00. The standard InChI is InChI=1S/C35H33BrFN3O5S/c1-35(2)14-6-11-31(23-8-4-9-24(36)17-23)40-16-13-29(39-40)22-7-5-10-25(18-22)45-33-27(26-12-15-38-30(26)20-28(33)37)19-32(34(41)44-3)46(42,43)21-35/h4-5,7-10,12-13,15-20,31,38H,6,11,14,21H2,1-3H3/b32-19-. The van der Waals surface area contributed by atoms with Crippen LogP contribution >= 0.6 is 15.9 Å². The average molecular weight is 707 g/mol. The summed E-state index contributed by atoms with van der Waals surface area (Å²) in [7, 11) is -3.09. The number of H-pyrrole nitrogens is 1. The van der Waals surface area contributed by atoms with Gasteiger partial charge in [0.25, 0.3) is 0 Å². The number of nitrogens with zero attached hydrogens (tertiary/aromatic N) is 2. The molecule has 3 aromatic carbocycles. The van der Waals surface area contributed by atoms with E-state index in [1.165, 1.54) is 12.1 Å². The lowest BCUT2D eigenvalue weighted by atomic mass is 9.88. The predicted octanol–water partition coefficient (Wildman–Crippen LogP) is 8.45. The molecular weight excluding hydrogens is 673 g/mol. The van der Waals surface area contributed by atoms with E-state index in [4.69, 9.17) is 14.6 Å². The van der Waals surface area contributed by atoms with Crippen LogP contribution in [-0.2, 0) is 19.4 Å². The van der Waals surface area contributed by atoms with Gasteiger partial charge in [0.1, 0.15) is 5.75 Å². The molecule has 1 aliphatic heterocycles. The van der Waals surface area contributed by atoms with Crippen LogP contribution in [0.25, 0.3) is 28.2 Å². The zero-order chi connectivity index (χ0) is 32.6. The molecule has 1 atom stereocenters. The van der Waals surface area contributed by atoms with Crippen molar-refractivity contribution in [3.8, 4) is 22.8 Å². The van der Waals surface area contributed by atoms with Crippen LogP contribution in [0.4, 0.5) is 4.39 Å². The van der Waals surface area contributed by atoms with Crippen LogP contribution in [0.15, 0.2) is 88.5 Å². The molecule has 5 aromatic rings. The smallest absolute Gasteiger partial charge is 0.349 e. The molecule has 3 heterocycles. The summed E-state index contributed by atoms with van der Waals surface area (Å²) in [6.07, 6.45) is 6.65. The van der Waals surface area contributed by atoms with Gasteiger partial charge >= 0.3 is 5.97 Å². The summed E-state index contributed by atoms with van der Waals surface area (Å²) in [6.45, 7) is 3.73. The molecule has 0 saturated heterocycles. The lowest BCUT2D eigenvalue weighted by Crippen LogP contribution is -2.28. The van der Waals surface area contributed by atoms with E-state index in [1.54, 1.807) is 30.5 Å². The minimum atomic E-state index is -4.21. The molecule has 46 heavy (non-hydrogen) atoms. The minimum Gasteiger partial charge on any atom is -0.465 e. The fraction of sp³-hybridized carbons (Fsp3) is 0.257. The molecule has 6 rings (SSSR count). The molecule has 1 unspecified atom stereocenters. The van der Waals surface area contributed by atoms with Gasteiger partial charge in [-0.25, -0.2) is 17.6 Å². The molecule has 0 fully saturated rings. The molecule has 8 nitrogen and oxygen atoms in total. The van der Waals surface area contributed by atoms with Gasteiger partial charge < -0.3 is 14.5 Å². The van der Waals surface area contributed by atoms with Crippen LogP contribution in [0.2, 0.25) is 0 Å². The van der Waals surface area contributed by atoms with E-state index in [0.717, 1.165) is 22.7 Å². The van der Waals surface area contributed by atoms with Gasteiger partial charge in [-0.1, -0.05) is 60.5 Å². The predicted molar refractivity (Wildman–Crippen MR) is 180 cm³/mol. The topological polar surface area (TPSA) is 103 Å². The molecule has 11 heteroatoms. The molecule has 0 radical (unpaired) electrons. The van der Waals surface area contributed by atoms with Gasteiger partial charge in [-0.05, 0) is 66.3 Å². The highest BCUT2D eigenvalue weighted by atomic mass is 79.9. The molecule has 0 spiro atoms. The Balaban J connectivity index is 1.54. The second-order valence-electron chi connectivity index (χ2n) is 12.2. The number of rotatable bonds is 2. The number of carbonyl (C=O) groups is 1. The summed E-state index contributed by atoms with van der Waals surface area (Å²) >= 11 is 3.58. The molecule has 2 aromatic heterocycles. The van der Waals surface area contributed by atoms with Gasteiger partial charge in [0.2, 0.25) is 0 Å². The highest BCUT2D eigenvalue weighted by Crippen LogP contribution is 2.39. The van der Waals surface area contributed by atoms with E-state index >= 15 is 4.39 Å². The van der Waals surface area contributed by atoms with Crippen molar-refractivity contribution in [2.24, 2.45) is 5.41 Å². The third kappa shape index (κ3) is 6.52. The summed E-state index contributed by atoms with van der Waals surface area (Å²) in [4.78, 5) is 15.5. The Labute approximate surface area is 275 Å². The quantitative estimate of drug-likeness (QED) is 0.185. The largest absolute Gasteiger partial charge is 0.465 e. The van der Waals surface area contributed by atoms with Crippen molar-refractivity contribution in [3.05, 3.63) is 105 Å². The van der Waals surface area contributed by atoms with Crippen molar-refractivity contribution < 1.29 is 27.1 Å². The number of carbonyl (C=O) groups excluding carboxylic acids is 1. The Hall–Kier alpha value is -4.22. The van der Waals surface area contributed by atoms with Crippen LogP contribution in [0.3, 0.4) is 0 Å². The Morgan fingerprint density at radius 2 is 1.93 bits per heavy atom. The van der Waals surface area contributed by atoms with Crippen molar-refractivity contribution in [1.29, 1.82) is 0 Å². The zero-order valence-corrected chi connectivity index (χ0v) is 28.0. The van der Waals surface area contributed by atoms with Crippen molar-refractivity contribution >= 4 is 48.7 Å². The van der Waals surface area contributed by atoms with E-state index in [1.807, 2.05) is 55.1 Å². The number of benzene rings is 3. The molecular formula is C35H33BrFN3O5S. The molecule has 0 amide bonds. The first kappa shape index (κ1) is 31.7. The molecule has 0 aliphatic carbocycles. The van der Waals surface area contributed by atoms with E-state index in [0.29, 0.717) is 41.6 Å². The monoisotopic (exact) mass is 705 g/mol. The second-order valence-corrected chi connectivity index (χ2v) is 15.1. The van der Waals surface area contributed by atoms with Gasteiger partial charge in [0.15, 0.2) is 26.3 Å². The summed E-state index contributed by atoms with van der Waals surface area (Å²) < 4.78 is 57.7. The first-order valence-corrected chi connectivity index (χ1v) is 17.3. The maximum atomic E-state index is 15.8. The van der Waals surface area contributed by atoms with Crippen LogP contribution < -0.4 is 4.74 Å². The van der Waals surface area contributed by atoms with Gasteiger partial charge in [-0.2, -0.15) is 5.10 Å². The van der Waals surface area contributed by atoms with E-state index in [9.17, 15) is 13.2 Å². The number of esters is 1. The van der Waals surface area contributed by atoms with Gasteiger partial charge in [0, 0.05) is 45.0 Å². The summed E-state index contributed by atoms with van der Waals surface area (Å²) in [5, 5.41) is 5.42. The number of methoxy groups -OCH3 is 1. The lowest BCUT2D eigenvalue weighted by molar-refractivity contribution is -0.135. The Morgan fingerprint density at radius 1 is 1.13 bits per heavy atom. The third-order valence-corrected chi connectivity index (χ3v) is 10.8. The van der Waals surface area contributed by atoms with Gasteiger partial charge in [-0.15, -0.1) is 0 Å². The number of sulfone groups is 1. The maximum Gasteiger partial charge on any atom is 0.349 e. The van der Waals surface area contributed by atoms with Gasteiger partial charge in [0.05, 0.1) is 24.6 Å². The number of nitrogens with one attached hydrogen (secondary N) is 1. The van der Waals surface area contributed by atoms with Crippen LogP contribution in [-0.4, -0.2) is 42.0 Å². The lowest BCUT2D eigenvalue weighted by Gasteiger charge is -2.26. The first-order valence-electron chi connectivity index (χ1n) is 14.9. The zero-order valence-electron chi connectivity index (χ0n) is 25.6. The maximum absolute atomic E-state index is 15.8. The van der Waals surface area contributed by atoms with Crippen molar-refractivity contribution in [3.63, 3.8) is 0 Å². The number of hydrogen-bond donors (Lipinski definition) is 1. The van der Waals surface area contributed by atoms with Crippen molar-refractivity contribution in [2.45, 2.75) is 39.2 Å². The summed E-state index contributed by atoms with van der Waals surface area (Å²) in [6, 6.07) is 19.9. The van der Waals surface area contributed by atoms with E-state index in [-0.39, 0.29) is 23.1 Å². The molecule has 0 saturated carbocycles. The first-order chi connectivity index (χ1) is 21.9. The number of ether oxygens (including phenoxy) is 2. The van der Waals surface area contributed by atoms with Crippen LogP contribution in [0, 0.1) is 11.2 Å². The van der Waals surface area contributed by atoms with Crippen LogP contribution in [0.5, 0.6) is 11.5 Å². The fourth-order valence-corrected chi connectivity index (χ4v) is 8.42. The van der Waals surface area contributed by atoms with E-state index in [2.05, 4.69) is 27.0 Å². The Bertz CT molecular complexity index is 2080. The highest BCUT2D eigenvalue weighted by Gasteiger charge is 2.34. The molecule has 238 valence electrons. The number of hydrogen-bond acceptors (Lipinski definition) is 6. The van der Waals surface area contributed by atoms with Crippen LogP contribution in [0.1, 0.15) is 50.3 Å². The average Bonchev–Trinajstić information content (AvgIpc) is 3.68. The number of aromatic amines is 1. The highest BCUT2D eigenvalue weighted by molar-refractivity contribution is 9.10. The number of halogens is 2. The van der Waals surface area contributed by atoms with Crippen molar-refractivity contribution in [2.75, 3.05) is 12.9 Å². The molecule has 4 bridgehead atoms. The normalized spacial score (nSPS) is 19.2. The second kappa shape index (κ2) is 12.5. The minimum absolute atomic E-state index is 0.102. The summed E-state index contributed by atoms with van der Waals surface area (Å²) in [5.41, 5.74) is 2.33. The number of fused-ring (bicyclic) bond motifs is 8. The van der Waals surface area contributed by atoms with E-state index < -0.39 is 31.9 Å². The Kier molecular flexibility index (Phi) is 8.64. The van der Waals surface area contributed by atoms with Crippen molar-refractivity contribution in [1.82, 2.24) is 14.8 Å². The SMILES string of the molecule is COC(=O)/C1=C/c2c(c(F)cc3[nH]ccc23)Oc2cccc(c2)-c2ccn(n2)C(c2cccc(Br)c2)CCCC(C)(C)CS1(=O)=O. The Morgan fingerprint density at radius 3 is 2.72 bits per heavy atom. The van der Waals surface area contributed by atoms with Gasteiger partial charge in [-0.3, -0.25) is 4.68 Å². The molecule has 1 aliphatic rings. The third-order valence-electron chi connectivity index (χ3n) is 8.22. The molecule has 1 N–H and O–H groups in total. The fourth-order valence-electron chi connectivity index (χ4n) is 6.04. The number of aromatic nitrogens is 3.